The third-order valence-corrected chi connectivity index (χ3v) is 4.64. The molecule has 5 nitrogen and oxygen atoms in total. The molecule has 0 bridgehead atoms. The smallest absolute Gasteiger partial charge is 0.196 e. The van der Waals surface area contributed by atoms with E-state index in [1.807, 2.05) is 6.92 Å². The highest BCUT2D eigenvalue weighted by molar-refractivity contribution is 7.18. The number of hydrogen-bond acceptors (Lipinski definition) is 6. The molecule has 3 rings (SSSR count). The summed E-state index contributed by atoms with van der Waals surface area (Å²) in [5, 5.41) is 0.984. The minimum Gasteiger partial charge on any atom is -0.494 e. The highest BCUT2D eigenvalue weighted by Crippen LogP contribution is 2.32. The molecule has 0 atom stereocenters. The van der Waals surface area contributed by atoms with E-state index in [0.717, 1.165) is 23.1 Å². The zero-order valence-corrected chi connectivity index (χ0v) is 13.3. The zero-order valence-electron chi connectivity index (χ0n) is 12.5. The molecular formula is C16H18N2O3S. The number of ether oxygens (including phenoxy) is 1. The van der Waals surface area contributed by atoms with E-state index in [0.29, 0.717) is 23.7 Å². The Morgan fingerprint density at radius 1 is 1.50 bits per heavy atom. The van der Waals surface area contributed by atoms with Gasteiger partial charge in [0.1, 0.15) is 17.8 Å². The monoisotopic (exact) mass is 318 g/mol. The van der Waals surface area contributed by atoms with Crippen molar-refractivity contribution in [2.75, 3.05) is 24.6 Å². The molecule has 0 N–H and O–H groups in total. The van der Waals surface area contributed by atoms with Gasteiger partial charge in [0, 0.05) is 19.2 Å². The van der Waals surface area contributed by atoms with E-state index in [1.165, 1.54) is 25.2 Å². The van der Waals surface area contributed by atoms with Crippen molar-refractivity contribution in [3.8, 4) is 10.6 Å². The van der Waals surface area contributed by atoms with E-state index >= 15 is 0 Å². The summed E-state index contributed by atoms with van der Waals surface area (Å²) in [5.74, 6) is 0.867. The van der Waals surface area contributed by atoms with Gasteiger partial charge in [-0.05, 0) is 19.8 Å². The van der Waals surface area contributed by atoms with Crippen LogP contribution in [0.25, 0.3) is 16.4 Å². The normalized spacial score (nSPS) is 14.3. The molecular weight excluding hydrogens is 300 g/mol. The molecule has 1 aliphatic heterocycles. The first kappa shape index (κ1) is 14.8. The van der Waals surface area contributed by atoms with Crippen LogP contribution in [0.1, 0.15) is 25.3 Å². The minimum absolute atomic E-state index is 0.157. The van der Waals surface area contributed by atoms with Crippen LogP contribution in [0.3, 0.4) is 0 Å². The minimum atomic E-state index is -0.157. The summed E-state index contributed by atoms with van der Waals surface area (Å²) < 4.78 is 10.8. The number of thiazole rings is 1. The van der Waals surface area contributed by atoms with Gasteiger partial charge in [-0.3, -0.25) is 4.79 Å². The molecule has 1 saturated heterocycles. The molecule has 1 aliphatic rings. The summed E-state index contributed by atoms with van der Waals surface area (Å²) in [7, 11) is 0. The van der Waals surface area contributed by atoms with Gasteiger partial charge in [-0.2, -0.15) is 0 Å². The topological polar surface area (TPSA) is 55.6 Å². The average Bonchev–Trinajstić information content (AvgIpc) is 3.18. The summed E-state index contributed by atoms with van der Waals surface area (Å²) in [6.45, 7) is 8.14. The van der Waals surface area contributed by atoms with Crippen LogP contribution in [0.2, 0.25) is 0 Å². The van der Waals surface area contributed by atoms with Gasteiger partial charge in [-0.25, -0.2) is 4.98 Å². The predicted molar refractivity (Wildman–Crippen MR) is 88.2 cm³/mol. The molecule has 6 heteroatoms. The van der Waals surface area contributed by atoms with Crippen molar-refractivity contribution >= 4 is 22.2 Å². The van der Waals surface area contributed by atoms with Gasteiger partial charge in [0.15, 0.2) is 10.6 Å². The van der Waals surface area contributed by atoms with Crippen LogP contribution in [0.4, 0.5) is 5.13 Å². The Kier molecular flexibility index (Phi) is 4.29. The number of rotatable bonds is 5. The van der Waals surface area contributed by atoms with Gasteiger partial charge in [-0.1, -0.05) is 17.9 Å². The van der Waals surface area contributed by atoms with Crippen molar-refractivity contribution in [2.24, 2.45) is 0 Å². The Morgan fingerprint density at radius 3 is 2.95 bits per heavy atom. The maximum absolute atomic E-state index is 12.2. The van der Waals surface area contributed by atoms with Crippen LogP contribution in [-0.4, -0.2) is 24.7 Å². The van der Waals surface area contributed by atoms with Gasteiger partial charge in [-0.15, -0.1) is 0 Å². The maximum Gasteiger partial charge on any atom is 0.196 e. The zero-order chi connectivity index (χ0) is 15.5. The lowest BCUT2D eigenvalue weighted by molar-refractivity contribution is 0.297. The molecule has 3 heterocycles. The van der Waals surface area contributed by atoms with Gasteiger partial charge in [0.05, 0.1) is 23.2 Å². The fraction of sp³-hybridized carbons (Fsp3) is 0.375. The van der Waals surface area contributed by atoms with Crippen LogP contribution in [0.15, 0.2) is 34.3 Å². The second-order valence-corrected chi connectivity index (χ2v) is 6.09. The average molecular weight is 318 g/mol. The van der Waals surface area contributed by atoms with Crippen molar-refractivity contribution in [3.63, 3.8) is 0 Å². The lowest BCUT2D eigenvalue weighted by Crippen LogP contribution is -2.16. The van der Waals surface area contributed by atoms with Gasteiger partial charge < -0.3 is 14.1 Å². The van der Waals surface area contributed by atoms with E-state index in [4.69, 9.17) is 9.15 Å². The summed E-state index contributed by atoms with van der Waals surface area (Å²) in [5.41, 5.74) is 0.200. The number of anilines is 1. The van der Waals surface area contributed by atoms with Crippen LogP contribution in [-0.2, 0) is 4.74 Å². The van der Waals surface area contributed by atoms with Crippen molar-refractivity contribution < 1.29 is 9.15 Å². The number of nitrogens with zero attached hydrogens (tertiary/aromatic N) is 2. The Labute approximate surface area is 132 Å². The van der Waals surface area contributed by atoms with E-state index < -0.39 is 0 Å². The molecule has 2 aromatic rings. The van der Waals surface area contributed by atoms with Crippen LogP contribution < -0.4 is 10.3 Å². The summed E-state index contributed by atoms with van der Waals surface area (Å²) >= 11 is 1.54. The molecule has 0 unspecified atom stereocenters. The Morgan fingerprint density at radius 2 is 2.27 bits per heavy atom. The molecule has 0 amide bonds. The van der Waals surface area contributed by atoms with E-state index in [-0.39, 0.29) is 5.43 Å². The largest absolute Gasteiger partial charge is 0.494 e. The lowest BCUT2D eigenvalue weighted by Gasteiger charge is -2.11. The maximum atomic E-state index is 12.2. The molecule has 2 aromatic heterocycles. The molecule has 0 saturated carbocycles. The van der Waals surface area contributed by atoms with Crippen molar-refractivity contribution in [1.29, 1.82) is 0 Å². The first-order chi connectivity index (χ1) is 10.7. The highest BCUT2D eigenvalue weighted by atomic mass is 32.1. The molecule has 0 aromatic carbocycles. The molecule has 1 fully saturated rings. The molecule has 0 spiro atoms. The van der Waals surface area contributed by atoms with E-state index in [1.54, 1.807) is 17.5 Å². The Hall–Kier alpha value is -2.08. The van der Waals surface area contributed by atoms with Gasteiger partial charge in [0.2, 0.25) is 0 Å². The van der Waals surface area contributed by atoms with Crippen molar-refractivity contribution in [3.05, 3.63) is 40.9 Å². The number of hydrogen-bond donors (Lipinski definition) is 0. The Balaban J connectivity index is 1.85. The molecule has 116 valence electrons. The van der Waals surface area contributed by atoms with Crippen LogP contribution >= 0.6 is 11.3 Å². The van der Waals surface area contributed by atoms with Gasteiger partial charge in [0.25, 0.3) is 0 Å². The summed E-state index contributed by atoms with van der Waals surface area (Å²) in [4.78, 5) is 19.7. The van der Waals surface area contributed by atoms with Gasteiger partial charge >= 0.3 is 0 Å². The predicted octanol–water partition coefficient (Wildman–Crippen LogP) is 3.37. The van der Waals surface area contributed by atoms with E-state index in [9.17, 15) is 4.79 Å². The third-order valence-electron chi connectivity index (χ3n) is 3.56. The summed E-state index contributed by atoms with van der Waals surface area (Å²) in [6.07, 6.45) is 5.58. The van der Waals surface area contributed by atoms with Crippen LogP contribution in [0, 0.1) is 0 Å². The third kappa shape index (κ3) is 2.92. The molecule has 0 radical (unpaired) electrons. The fourth-order valence-electron chi connectivity index (χ4n) is 2.43. The first-order valence-corrected chi connectivity index (χ1v) is 8.16. The van der Waals surface area contributed by atoms with Crippen molar-refractivity contribution in [1.82, 2.24) is 4.98 Å². The van der Waals surface area contributed by atoms with E-state index in [2.05, 4.69) is 16.5 Å². The second kappa shape index (κ2) is 6.36. The molecule has 22 heavy (non-hydrogen) atoms. The summed E-state index contributed by atoms with van der Waals surface area (Å²) in [6, 6.07) is 1.47. The quantitative estimate of drug-likeness (QED) is 0.791. The standard InChI is InChI=1S/C16H18N2O3S/c1-3-20-11(2)12-10-21-14(8-13(12)19)15-9-17-16(22-15)18-6-4-5-7-18/h8-10H,2-7H2,1H3. The highest BCUT2D eigenvalue weighted by Gasteiger charge is 2.17. The lowest BCUT2D eigenvalue weighted by atomic mass is 10.2. The Bertz CT molecular complexity index is 729. The second-order valence-electron chi connectivity index (χ2n) is 5.08. The first-order valence-electron chi connectivity index (χ1n) is 7.35. The SMILES string of the molecule is C=C(OCC)c1coc(-c2cnc(N3CCCC3)s2)cc1=O. The number of aromatic nitrogens is 1. The molecule has 0 aliphatic carbocycles. The van der Waals surface area contributed by atoms with Crippen LogP contribution in [0.5, 0.6) is 0 Å². The van der Waals surface area contributed by atoms with Crippen molar-refractivity contribution in [2.45, 2.75) is 19.8 Å². The fourth-order valence-corrected chi connectivity index (χ4v) is 3.36.